The first-order valence-corrected chi connectivity index (χ1v) is 5.92. The molecule has 0 aliphatic rings. The lowest BCUT2D eigenvalue weighted by Gasteiger charge is -2.33. The second kappa shape index (κ2) is 5.79. The van der Waals surface area contributed by atoms with E-state index in [2.05, 4.69) is 16.3 Å². The van der Waals surface area contributed by atoms with E-state index in [1.807, 2.05) is 0 Å². The van der Waals surface area contributed by atoms with Crippen LogP contribution in [0.15, 0.2) is 0 Å². The van der Waals surface area contributed by atoms with Crippen LogP contribution in [0.2, 0.25) is 0 Å². The van der Waals surface area contributed by atoms with Gasteiger partial charge in [0.25, 0.3) is 5.31 Å². The Hall–Kier alpha value is 0.240. The summed E-state index contributed by atoms with van der Waals surface area (Å²) in [6.45, 7) is 0. The number of hydrogen-bond donors (Lipinski definition) is 0. The molecule has 0 aliphatic carbocycles. The lowest BCUT2D eigenvalue weighted by Crippen LogP contribution is -2.59. The zero-order chi connectivity index (χ0) is 16.6. The topological polar surface area (TPSA) is 18.5 Å². The van der Waals surface area contributed by atoms with Crippen LogP contribution in [0.25, 0.3) is 0 Å². The predicted molar refractivity (Wildman–Crippen MR) is 51.6 cm³/mol. The third kappa shape index (κ3) is 4.91. The van der Waals surface area contributed by atoms with Gasteiger partial charge in [-0.05, 0) is 0 Å². The zero-order valence-corrected chi connectivity index (χ0v) is 11.5. The Bertz CT molecular complexity index is 343. The van der Waals surface area contributed by atoms with Gasteiger partial charge in [-0.25, -0.2) is 4.74 Å². The summed E-state index contributed by atoms with van der Waals surface area (Å²) in [6.07, 6.45) is -19.5. The SMILES string of the molecule is FC(F)(F)OC(F)(F)C(F)(F)C(F)(F)OC(F)(Cl)CI. The van der Waals surface area contributed by atoms with Crippen molar-refractivity contribution >= 4 is 34.2 Å². The summed E-state index contributed by atoms with van der Waals surface area (Å²) in [5, 5.41) is -4.01. The summed E-state index contributed by atoms with van der Waals surface area (Å²) in [7, 11) is 0. The van der Waals surface area contributed by atoms with Crippen molar-refractivity contribution < 1.29 is 53.4 Å². The maximum absolute atomic E-state index is 12.8. The highest BCUT2D eigenvalue weighted by Crippen LogP contribution is 2.50. The number of alkyl halides is 12. The Morgan fingerprint density at radius 3 is 1.40 bits per heavy atom. The largest absolute Gasteiger partial charge is 0.527 e. The third-order valence-corrected chi connectivity index (χ3v) is 3.05. The lowest BCUT2D eigenvalue weighted by atomic mass is 10.3. The Balaban J connectivity index is 5.38. The van der Waals surface area contributed by atoms with Crippen LogP contribution in [0.4, 0.5) is 43.9 Å². The summed E-state index contributed by atoms with van der Waals surface area (Å²) in [6, 6.07) is 0. The first-order valence-electron chi connectivity index (χ1n) is 4.02. The average molecular weight is 458 g/mol. The van der Waals surface area contributed by atoms with Crippen LogP contribution in [-0.4, -0.2) is 34.2 Å². The van der Waals surface area contributed by atoms with Gasteiger partial charge in [-0.2, -0.15) is 30.7 Å². The molecule has 1 atom stereocenters. The second-order valence-electron chi connectivity index (χ2n) is 3.03. The summed E-state index contributed by atoms with van der Waals surface area (Å²) in [5.74, 6) is -6.85. The van der Waals surface area contributed by atoms with Gasteiger partial charge in [0.15, 0.2) is 0 Å². The van der Waals surface area contributed by atoms with E-state index in [1.165, 1.54) is 0 Å². The van der Waals surface area contributed by atoms with Crippen molar-refractivity contribution in [1.29, 1.82) is 0 Å². The zero-order valence-electron chi connectivity index (χ0n) is 8.56. The fourth-order valence-corrected chi connectivity index (χ4v) is 0.910. The van der Waals surface area contributed by atoms with Crippen molar-refractivity contribution in [3.8, 4) is 0 Å². The molecule has 0 amide bonds. The molecule has 0 aromatic carbocycles. The van der Waals surface area contributed by atoms with Gasteiger partial charge in [0.2, 0.25) is 0 Å². The van der Waals surface area contributed by atoms with Gasteiger partial charge in [0, 0.05) is 0 Å². The van der Waals surface area contributed by atoms with Gasteiger partial charge in [0.05, 0.1) is 4.43 Å². The number of halogens is 12. The van der Waals surface area contributed by atoms with Crippen molar-refractivity contribution in [1.82, 2.24) is 0 Å². The van der Waals surface area contributed by atoms with Gasteiger partial charge in [-0.1, -0.05) is 34.2 Å². The van der Waals surface area contributed by atoms with Crippen molar-refractivity contribution in [2.45, 2.75) is 29.8 Å². The smallest absolute Gasteiger partial charge is 0.263 e. The van der Waals surface area contributed by atoms with Gasteiger partial charge in [-0.15, -0.1) is 13.2 Å². The van der Waals surface area contributed by atoms with Crippen molar-refractivity contribution in [3.63, 3.8) is 0 Å². The van der Waals surface area contributed by atoms with E-state index in [0.717, 1.165) is 22.6 Å². The highest BCUT2D eigenvalue weighted by Gasteiger charge is 2.78. The van der Waals surface area contributed by atoms with Gasteiger partial charge < -0.3 is 0 Å². The van der Waals surface area contributed by atoms with E-state index in [-0.39, 0.29) is 0 Å². The molecule has 0 rings (SSSR count). The van der Waals surface area contributed by atoms with Gasteiger partial charge in [-0.3, -0.25) is 4.74 Å². The van der Waals surface area contributed by atoms with Crippen LogP contribution < -0.4 is 0 Å². The van der Waals surface area contributed by atoms with Crippen LogP contribution in [-0.2, 0) is 9.47 Å². The number of hydrogen-bond acceptors (Lipinski definition) is 2. The molecule has 0 radical (unpaired) electrons. The molecule has 14 heteroatoms. The molecule has 0 fully saturated rings. The highest BCUT2D eigenvalue weighted by atomic mass is 127. The minimum atomic E-state index is -6.85. The molecule has 0 heterocycles. The standard InChI is InChI=1S/C6H2ClF10IO2/c7-2(8,1-18)19-4(11,12)3(9,10)5(13,14)20-6(15,16)17/h1H2. The first kappa shape index (κ1) is 20.2. The van der Waals surface area contributed by atoms with Crippen LogP contribution in [0, 0.1) is 0 Å². The summed E-state index contributed by atoms with van der Waals surface area (Å²) in [4.78, 5) is 0. The minimum absolute atomic E-state index is 0.933. The van der Waals surface area contributed by atoms with Gasteiger partial charge in [0.1, 0.15) is 0 Å². The molecule has 0 aliphatic heterocycles. The molecular weight excluding hydrogens is 456 g/mol. The molecular formula is C6H2ClF10IO2. The number of ether oxygens (including phenoxy) is 2. The molecule has 0 aromatic heterocycles. The highest BCUT2D eigenvalue weighted by molar-refractivity contribution is 14.1. The Morgan fingerprint density at radius 1 is 0.750 bits per heavy atom. The summed E-state index contributed by atoms with van der Waals surface area (Å²) < 4.78 is 126. The van der Waals surface area contributed by atoms with E-state index in [9.17, 15) is 43.9 Å². The molecule has 0 spiro atoms. The fraction of sp³-hybridized carbons (Fsp3) is 1.00. The maximum atomic E-state index is 12.8. The van der Waals surface area contributed by atoms with Crippen LogP contribution in [0.1, 0.15) is 0 Å². The van der Waals surface area contributed by atoms with Crippen LogP contribution in [0.5, 0.6) is 0 Å². The predicted octanol–water partition coefficient (Wildman–Crippen LogP) is 4.66. The first-order chi connectivity index (χ1) is 8.47. The Morgan fingerprint density at radius 2 is 1.10 bits per heavy atom. The normalized spacial score (nSPS) is 18.0. The molecule has 0 aromatic rings. The molecule has 20 heavy (non-hydrogen) atoms. The molecule has 2 nitrogen and oxygen atoms in total. The van der Waals surface area contributed by atoms with Crippen molar-refractivity contribution in [2.75, 3.05) is 4.43 Å². The molecule has 0 N–H and O–H groups in total. The van der Waals surface area contributed by atoms with E-state index in [1.54, 1.807) is 4.74 Å². The Kier molecular flexibility index (Phi) is 5.86. The summed E-state index contributed by atoms with van der Waals surface area (Å²) in [5.41, 5.74) is 0. The fourth-order valence-electron chi connectivity index (χ4n) is 0.658. The Labute approximate surface area is 122 Å². The molecule has 0 saturated carbocycles. The van der Waals surface area contributed by atoms with Gasteiger partial charge >= 0.3 is 24.5 Å². The average Bonchev–Trinajstić information content (AvgIpc) is 2.11. The van der Waals surface area contributed by atoms with Crippen LogP contribution in [0.3, 0.4) is 0 Å². The summed E-state index contributed by atoms with van der Waals surface area (Å²) >= 11 is 5.41. The quantitative estimate of drug-likeness (QED) is 0.328. The number of rotatable bonds is 6. The van der Waals surface area contributed by atoms with E-state index >= 15 is 0 Å². The lowest BCUT2D eigenvalue weighted by molar-refractivity contribution is -0.513. The third-order valence-electron chi connectivity index (χ3n) is 1.41. The van der Waals surface area contributed by atoms with E-state index in [0.29, 0.717) is 0 Å². The van der Waals surface area contributed by atoms with Crippen LogP contribution >= 0.6 is 34.2 Å². The van der Waals surface area contributed by atoms with Crippen molar-refractivity contribution in [2.24, 2.45) is 0 Å². The van der Waals surface area contributed by atoms with Crippen molar-refractivity contribution in [3.05, 3.63) is 0 Å². The molecule has 1 unspecified atom stereocenters. The minimum Gasteiger partial charge on any atom is -0.263 e. The molecule has 0 bridgehead atoms. The maximum Gasteiger partial charge on any atom is 0.527 e. The molecule has 122 valence electrons. The second-order valence-corrected chi connectivity index (χ2v) is 4.36. The molecule has 0 saturated heterocycles. The monoisotopic (exact) mass is 458 g/mol. The van der Waals surface area contributed by atoms with E-state index < -0.39 is 34.2 Å². The van der Waals surface area contributed by atoms with E-state index in [4.69, 9.17) is 0 Å².